The number of fused-ring (bicyclic) bond motifs is 5. The summed E-state index contributed by atoms with van der Waals surface area (Å²) in [7, 11) is 0. The summed E-state index contributed by atoms with van der Waals surface area (Å²) in [5.41, 5.74) is 22.6. The number of hydrogen-bond donors (Lipinski definition) is 1. The van der Waals surface area contributed by atoms with Crippen molar-refractivity contribution in [2.75, 3.05) is 11.9 Å². The number of aromatic amines is 1. The fourth-order valence-electron chi connectivity index (χ4n) is 15.8. The van der Waals surface area contributed by atoms with Crippen LogP contribution in [0.3, 0.4) is 0 Å². The van der Waals surface area contributed by atoms with E-state index in [2.05, 4.69) is 339 Å². The normalized spacial score (nSPS) is 11.6. The molecule has 0 spiro atoms. The van der Waals surface area contributed by atoms with Crippen molar-refractivity contribution in [3.8, 4) is 0 Å². The van der Waals surface area contributed by atoms with Crippen LogP contribution >= 0.6 is 180 Å². The predicted octanol–water partition coefficient (Wildman–Crippen LogP) is 21.3. The van der Waals surface area contributed by atoms with E-state index in [0.29, 0.717) is 90.6 Å². The molecule has 5 heterocycles. The number of aryl methyl sites for hydroxylation is 7. The molecule has 0 amide bonds. The van der Waals surface area contributed by atoms with Crippen molar-refractivity contribution < 1.29 is 60.1 Å². The van der Waals surface area contributed by atoms with Crippen molar-refractivity contribution in [3.63, 3.8) is 0 Å². The lowest BCUT2D eigenvalue weighted by atomic mass is 9.85. The average Bonchev–Trinajstić information content (AvgIpc) is 1.51. The molecule has 12 aromatic carbocycles. The van der Waals surface area contributed by atoms with Crippen LogP contribution in [0, 0.1) is 47.7 Å². The van der Waals surface area contributed by atoms with Gasteiger partial charge in [0.25, 0.3) is 25.8 Å². The second kappa shape index (κ2) is 48.6. The quantitative estimate of drug-likeness (QED) is 0.0300. The molecular weight excluding hydrogens is 2240 g/mol. The van der Waals surface area contributed by atoms with Crippen molar-refractivity contribution >= 4 is 234 Å². The van der Waals surface area contributed by atoms with Gasteiger partial charge in [-0.3, -0.25) is 0 Å². The van der Waals surface area contributed by atoms with Crippen LogP contribution in [0.4, 0.5) is 0 Å². The minimum atomic E-state index is 0. The smallest absolute Gasteiger partial charge is 0.284 e. The van der Waals surface area contributed by atoms with E-state index in [0.717, 1.165) is 98.9 Å². The summed E-state index contributed by atoms with van der Waals surface area (Å²) in [6, 6.07) is 75.0. The molecule has 126 heavy (non-hydrogen) atoms. The van der Waals surface area contributed by atoms with Gasteiger partial charge in [-0.05, 0) is 245 Å². The number of aromatic nitrogens is 8. The number of H-pyrrole nitrogens is 1. The number of imidazole rings is 4. The first-order valence-corrected chi connectivity index (χ1v) is 48.5. The zero-order valence-electron chi connectivity index (χ0n) is 69.8. The van der Waals surface area contributed by atoms with E-state index in [4.69, 9.17) is 116 Å². The lowest BCUT2D eigenvalue weighted by Gasteiger charge is -2.21. The van der Waals surface area contributed by atoms with E-state index in [-0.39, 0.29) is 50.9 Å². The summed E-state index contributed by atoms with van der Waals surface area (Å²) in [6.07, 6.45) is 15.7. The maximum atomic E-state index is 7.12. The third-order valence-corrected chi connectivity index (χ3v) is 29.2. The fraction of sp³-hybridized carbons (Fsp3) is 0.220. The van der Waals surface area contributed by atoms with Crippen molar-refractivity contribution in [2.45, 2.75) is 129 Å². The second-order valence-electron chi connectivity index (χ2n) is 30.5. The topological polar surface area (TPSA) is 67.4 Å². The van der Waals surface area contributed by atoms with Gasteiger partial charge in [-0.1, -0.05) is 322 Å². The van der Waals surface area contributed by atoms with Gasteiger partial charge in [0.05, 0.1) is 32.3 Å². The lowest BCUT2D eigenvalue weighted by Crippen LogP contribution is -3.00. The average molecular weight is 2330 g/mol. The minimum absolute atomic E-state index is 0. The number of rotatable bonds is 23. The van der Waals surface area contributed by atoms with Crippen molar-refractivity contribution in [3.05, 3.63) is 395 Å². The van der Waals surface area contributed by atoms with E-state index in [9.17, 15) is 0 Å². The molecule has 0 fully saturated rings. The van der Waals surface area contributed by atoms with Gasteiger partial charge in [0.1, 0.15) is 29.6 Å². The Morgan fingerprint density at radius 2 is 0.667 bits per heavy atom. The Hall–Kier alpha value is -5.77. The molecule has 26 heteroatoms. The van der Waals surface area contributed by atoms with E-state index < -0.39 is 0 Å². The van der Waals surface area contributed by atoms with Crippen LogP contribution in [0.5, 0.6) is 0 Å². The number of hydrogen-bond acceptors (Lipinski definition) is 3. The fourth-order valence-corrected chi connectivity index (χ4v) is 20.7. The van der Waals surface area contributed by atoms with Gasteiger partial charge in [-0.25, -0.2) is 28.2 Å². The van der Waals surface area contributed by atoms with Gasteiger partial charge in [0, 0.05) is 81.5 Å². The maximum Gasteiger partial charge on any atom is 0.284 e. The van der Waals surface area contributed by atoms with Crippen molar-refractivity contribution in [2.24, 2.45) is 0 Å². The highest BCUT2D eigenvalue weighted by atomic mass is 79.9. The predicted molar refractivity (Wildman–Crippen MR) is 536 cm³/mol. The molecule has 0 aliphatic carbocycles. The van der Waals surface area contributed by atoms with Crippen LogP contribution in [0.1, 0.15) is 94.6 Å². The summed E-state index contributed by atoms with van der Waals surface area (Å²) in [5.74, 6) is 0. The maximum absolute atomic E-state index is 7.12. The zero-order valence-corrected chi connectivity index (χ0v) is 88.5. The highest BCUT2D eigenvalue weighted by Gasteiger charge is 2.37. The molecule has 17 rings (SSSR count). The highest BCUT2D eigenvalue weighted by Crippen LogP contribution is 2.39. The van der Waals surface area contributed by atoms with Crippen LogP contribution in [0.25, 0.3) is 53.9 Å². The van der Waals surface area contributed by atoms with Crippen LogP contribution in [-0.4, -0.2) is 45.4 Å². The van der Waals surface area contributed by atoms with Crippen LogP contribution in [0.15, 0.2) is 253 Å². The largest absolute Gasteiger partial charge is 1.00 e. The summed E-state index contributed by atoms with van der Waals surface area (Å²) >= 11 is 79.2. The van der Waals surface area contributed by atoms with Crippen LogP contribution < -0.4 is 60.1 Å². The molecule has 654 valence electrons. The first kappa shape index (κ1) is 102. The number of halogens is 17. The van der Waals surface area contributed by atoms with Crippen molar-refractivity contribution in [1.82, 2.24) is 33.6 Å². The van der Waals surface area contributed by atoms with Gasteiger partial charge in [0.15, 0.2) is 15.9 Å². The zero-order chi connectivity index (χ0) is 87.1. The Morgan fingerprint density at radius 3 is 0.968 bits per heavy atom. The first-order chi connectivity index (χ1) is 59.4. The van der Waals surface area contributed by atoms with Gasteiger partial charge in [0.2, 0.25) is 17.7 Å². The third kappa shape index (κ3) is 25.1. The summed E-state index contributed by atoms with van der Waals surface area (Å²) < 4.78 is 10.0. The van der Waals surface area contributed by atoms with Crippen LogP contribution in [0.2, 0.25) is 41.2 Å². The molecule has 4 aromatic heterocycles. The molecule has 0 bridgehead atoms. The van der Waals surface area contributed by atoms with Gasteiger partial charge >= 0.3 is 0 Å². The first-order valence-electron chi connectivity index (χ1n) is 40.3. The van der Waals surface area contributed by atoms with Crippen LogP contribution in [-0.2, 0) is 87.2 Å². The Balaban J connectivity index is 0.000000231. The molecule has 0 saturated carbocycles. The third-order valence-electron chi connectivity index (χ3n) is 23.0. The molecule has 1 aliphatic heterocycles. The Labute approximate surface area is 853 Å². The molecule has 9 nitrogen and oxygen atoms in total. The monoisotopic (exact) mass is 2320 g/mol. The van der Waals surface area contributed by atoms with E-state index in [1.807, 2.05) is 40.4 Å². The molecule has 0 radical (unpaired) electrons. The van der Waals surface area contributed by atoms with E-state index in [1.54, 1.807) is 6.33 Å². The summed E-state index contributed by atoms with van der Waals surface area (Å²) in [5, 5.41) is 20.9. The minimum Gasteiger partial charge on any atom is -1.00 e. The number of allylic oxidation sites excluding steroid dienone is 2. The Kier molecular flexibility index (Phi) is 39.5. The summed E-state index contributed by atoms with van der Waals surface area (Å²) in [6.45, 7) is 17.0. The SMILES string of the molecule is BrCCc1ccc2ccccc2c1.Cc1c(CBr)c(C)c(CBr)c(C)c1CBr.Cc1c(CC2=[C+]N(CCc3ccc4ccccc4c3)C(Cl)=C2Cl)c(C)c(C[n+]2cn(CCc3ccc4ccccc4c3)c(Cl)c2Cl)c(C)c1C[n+]1cn(CCc2ccc3ccccc3c2)c(Cl)c1Cl.Clc1nc[nH]c1Cl.Clc1ncn(CCc2ccc3ccccc3c2)c1Cl.[Br-].[Br-].[Br-]. The second-order valence-corrected chi connectivity index (χ2v) is 36.6. The molecule has 0 unspecified atom stereocenters. The van der Waals surface area contributed by atoms with Gasteiger partial charge in [-0.15, -0.1) is 0 Å². The molecule has 1 aliphatic rings. The summed E-state index contributed by atoms with van der Waals surface area (Å²) in [4.78, 5) is 12.1. The highest BCUT2D eigenvalue weighted by molar-refractivity contribution is 9.09. The van der Waals surface area contributed by atoms with E-state index in [1.165, 1.54) is 121 Å². The van der Waals surface area contributed by atoms with Gasteiger partial charge < -0.3 is 60.5 Å². The van der Waals surface area contributed by atoms with Crippen molar-refractivity contribution in [1.29, 1.82) is 0 Å². The number of alkyl halides is 4. The number of nitrogens with zero attached hydrogens (tertiary/aromatic N) is 8. The molecule has 0 saturated heterocycles. The standard InChI is InChI=1S/C58H50Cl6N5.C15H12Cl2N2.C12H15Br3.C12H11Br.C3H2Cl2N2.3BrH/c1-37-50(31-49-32-65(54(60)53(49)59)25-22-40-16-19-43-10-4-7-13-46(43)28-40)38(2)52(34-69-36-67(56(62)58(69)64)27-24-42-18-21-45-12-6-9-15-48(45)30-42)39(3)51(37)33-68-35-66(55(61)57(68)63)26-23-41-17-20-44-11-5-8-14-47(44)29-41;16-14-15(17)19(10-18-14)8-7-11-5-6-12-3-1-2-4-13(12)9-11;1-7-10(4-13)8(2)12(6-15)9(3)11(7)5-14;13-8-7-10-5-6-11-3-1-2-4-12(11)9-10;4-2-3(5)7-1-6-2;;;/h4-21,28-30,35-36H,22-27,31,33-34H2,1-3H3;1-6,9-10H,7-8H2;4-6H2,1-3H3;1-6,9H,7-8H2;1H,(H,6,7);3*1H/q+3;;;;;;;/p-3. The molecule has 0 atom stereocenters. The van der Waals surface area contributed by atoms with Gasteiger partial charge in [-0.2, -0.15) is 4.90 Å². The molecule has 16 aromatic rings. The lowest BCUT2D eigenvalue weighted by molar-refractivity contribution is -0.686. The number of nitrogens with one attached hydrogen (secondary N) is 1. The Bertz CT molecular complexity index is 6300. The van der Waals surface area contributed by atoms with E-state index >= 15 is 0 Å². The number of benzene rings is 12. The molecule has 1 N–H and O–H groups in total. The Morgan fingerprint density at radius 1 is 0.349 bits per heavy atom. The molecular formula is C100H90Br7Cl10N9.